The van der Waals surface area contributed by atoms with E-state index in [0.29, 0.717) is 25.4 Å². The van der Waals surface area contributed by atoms with Gasteiger partial charge in [-0.2, -0.15) is 0 Å². The fourth-order valence-corrected chi connectivity index (χ4v) is 3.95. The average molecular weight is 458 g/mol. The lowest BCUT2D eigenvalue weighted by Crippen LogP contribution is -2.48. The number of hydrogen-bond acceptors (Lipinski definition) is 6. The number of piperidine rings is 1. The predicted molar refractivity (Wildman–Crippen MR) is 126 cm³/mol. The van der Waals surface area contributed by atoms with Crippen molar-refractivity contribution in [2.45, 2.75) is 51.4 Å². The van der Waals surface area contributed by atoms with Crippen LogP contribution in [-0.4, -0.2) is 61.2 Å². The normalized spacial score (nSPS) is 18.6. The summed E-state index contributed by atoms with van der Waals surface area (Å²) in [7, 11) is 1.65. The van der Waals surface area contributed by atoms with E-state index in [1.807, 2.05) is 69.3 Å². The fourth-order valence-electron chi connectivity index (χ4n) is 3.95. The van der Waals surface area contributed by atoms with Gasteiger partial charge in [0.15, 0.2) is 0 Å². The van der Waals surface area contributed by atoms with Crippen molar-refractivity contribution in [1.29, 1.82) is 0 Å². The number of hydrogen-bond donors (Lipinski definition) is 1. The van der Waals surface area contributed by atoms with Crippen LogP contribution >= 0.6 is 0 Å². The van der Waals surface area contributed by atoms with Gasteiger partial charge in [-0.1, -0.05) is 30.3 Å². The maximum Gasteiger partial charge on any atom is 0.410 e. The Kier molecular flexibility index (Phi) is 8.58. The Morgan fingerprint density at radius 3 is 2.52 bits per heavy atom. The molecule has 1 aliphatic rings. The minimum absolute atomic E-state index is 0.0241. The standard InChI is InChI=1S/C26H35NO6/c1-26(2,3)33-25(29)27-14-13-22(19-9-11-21(12-10-19)31-16-15-28)24(17-27)32-18-20-7-5-6-8-23(20)30-4/h5-12,22,24,28H,13-18H2,1-4H3. The van der Waals surface area contributed by atoms with E-state index in [-0.39, 0.29) is 31.3 Å². The quantitative estimate of drug-likeness (QED) is 0.634. The van der Waals surface area contributed by atoms with Gasteiger partial charge in [0.1, 0.15) is 23.7 Å². The van der Waals surface area contributed by atoms with E-state index in [1.54, 1.807) is 12.0 Å². The van der Waals surface area contributed by atoms with E-state index in [4.69, 9.17) is 24.1 Å². The number of nitrogens with zero attached hydrogens (tertiary/aromatic N) is 1. The molecule has 1 heterocycles. The van der Waals surface area contributed by atoms with Gasteiger partial charge in [0.2, 0.25) is 0 Å². The van der Waals surface area contributed by atoms with E-state index in [0.717, 1.165) is 23.3 Å². The summed E-state index contributed by atoms with van der Waals surface area (Å²) < 4.78 is 22.9. The Morgan fingerprint density at radius 1 is 1.12 bits per heavy atom. The van der Waals surface area contributed by atoms with Crippen molar-refractivity contribution in [3.63, 3.8) is 0 Å². The molecule has 0 saturated carbocycles. The highest BCUT2D eigenvalue weighted by Gasteiger charge is 2.35. The van der Waals surface area contributed by atoms with Crippen molar-refractivity contribution < 1.29 is 28.8 Å². The van der Waals surface area contributed by atoms with Crippen LogP contribution in [0.15, 0.2) is 48.5 Å². The Hall–Kier alpha value is -2.77. The van der Waals surface area contributed by atoms with Gasteiger partial charge in [-0.3, -0.25) is 0 Å². The molecular weight excluding hydrogens is 422 g/mol. The average Bonchev–Trinajstić information content (AvgIpc) is 2.80. The third kappa shape index (κ3) is 7.11. The van der Waals surface area contributed by atoms with E-state index < -0.39 is 5.60 Å². The summed E-state index contributed by atoms with van der Waals surface area (Å²) in [6.07, 6.45) is 0.229. The number of carbonyl (C=O) groups excluding carboxylic acids is 1. The first kappa shape index (κ1) is 24.9. The van der Waals surface area contributed by atoms with Crippen LogP contribution in [0.2, 0.25) is 0 Å². The molecule has 0 aliphatic carbocycles. The lowest BCUT2D eigenvalue weighted by Gasteiger charge is -2.39. The third-order valence-corrected chi connectivity index (χ3v) is 5.52. The molecule has 2 unspecified atom stereocenters. The molecule has 1 saturated heterocycles. The molecule has 0 aromatic heterocycles. The molecule has 2 aromatic carbocycles. The van der Waals surface area contributed by atoms with Crippen molar-refractivity contribution in [3.8, 4) is 11.5 Å². The molecule has 1 amide bonds. The molecular formula is C26H35NO6. The van der Waals surface area contributed by atoms with Crippen LogP contribution in [0, 0.1) is 0 Å². The SMILES string of the molecule is COc1ccccc1COC1CN(C(=O)OC(C)(C)C)CCC1c1ccc(OCCO)cc1. The Morgan fingerprint density at radius 2 is 1.85 bits per heavy atom. The summed E-state index contributed by atoms with van der Waals surface area (Å²) in [5.41, 5.74) is 1.53. The van der Waals surface area contributed by atoms with Crippen LogP contribution in [0.25, 0.3) is 0 Å². The van der Waals surface area contributed by atoms with Crippen LogP contribution in [0.1, 0.15) is 44.2 Å². The summed E-state index contributed by atoms with van der Waals surface area (Å²) in [5, 5.41) is 8.96. The van der Waals surface area contributed by atoms with Crippen LogP contribution in [0.4, 0.5) is 4.79 Å². The number of carbonyl (C=O) groups is 1. The van der Waals surface area contributed by atoms with Gasteiger partial charge in [0.05, 0.1) is 33.0 Å². The summed E-state index contributed by atoms with van der Waals surface area (Å²) in [4.78, 5) is 14.4. The molecule has 2 atom stereocenters. The highest BCUT2D eigenvalue weighted by Crippen LogP contribution is 2.33. The highest BCUT2D eigenvalue weighted by atomic mass is 16.6. The van der Waals surface area contributed by atoms with Crippen LogP contribution in [-0.2, 0) is 16.1 Å². The predicted octanol–water partition coefficient (Wildman–Crippen LogP) is 4.38. The third-order valence-electron chi connectivity index (χ3n) is 5.52. The molecule has 1 aliphatic heterocycles. The minimum atomic E-state index is -0.550. The Balaban J connectivity index is 1.76. The lowest BCUT2D eigenvalue weighted by molar-refractivity contribution is -0.0363. The number of ether oxygens (including phenoxy) is 4. The number of aliphatic hydroxyl groups is 1. The first-order chi connectivity index (χ1) is 15.8. The van der Waals surface area contributed by atoms with Gasteiger partial charge >= 0.3 is 6.09 Å². The number of aliphatic hydroxyl groups excluding tert-OH is 1. The molecule has 0 spiro atoms. The molecule has 7 nitrogen and oxygen atoms in total. The maximum atomic E-state index is 12.7. The zero-order chi connectivity index (χ0) is 23.8. The van der Waals surface area contributed by atoms with E-state index in [9.17, 15) is 4.79 Å². The minimum Gasteiger partial charge on any atom is -0.496 e. The van der Waals surface area contributed by atoms with Crippen LogP contribution < -0.4 is 9.47 Å². The first-order valence-electron chi connectivity index (χ1n) is 11.4. The Bertz CT molecular complexity index is 892. The monoisotopic (exact) mass is 457 g/mol. The van der Waals surface area contributed by atoms with Crippen LogP contribution in [0.5, 0.6) is 11.5 Å². The smallest absolute Gasteiger partial charge is 0.410 e. The number of para-hydroxylation sites is 1. The number of amides is 1. The topological polar surface area (TPSA) is 77.5 Å². The van der Waals surface area contributed by atoms with Crippen molar-refractivity contribution >= 4 is 6.09 Å². The second-order valence-electron chi connectivity index (χ2n) is 9.12. The van der Waals surface area contributed by atoms with Gasteiger partial charge in [0, 0.05) is 18.0 Å². The summed E-state index contributed by atoms with van der Waals surface area (Å²) >= 11 is 0. The molecule has 180 valence electrons. The van der Waals surface area contributed by atoms with E-state index >= 15 is 0 Å². The summed E-state index contributed by atoms with van der Waals surface area (Å²) in [6.45, 7) is 7.26. The molecule has 1 fully saturated rings. The summed E-state index contributed by atoms with van der Waals surface area (Å²) in [6, 6.07) is 15.6. The molecule has 33 heavy (non-hydrogen) atoms. The number of benzene rings is 2. The second-order valence-corrected chi connectivity index (χ2v) is 9.12. The van der Waals surface area contributed by atoms with Gasteiger partial charge in [-0.25, -0.2) is 4.79 Å². The number of likely N-dealkylation sites (tertiary alicyclic amines) is 1. The first-order valence-corrected chi connectivity index (χ1v) is 11.4. The Labute approximate surface area is 196 Å². The van der Waals surface area contributed by atoms with Gasteiger partial charge < -0.3 is 29.0 Å². The van der Waals surface area contributed by atoms with Gasteiger partial charge in [0.25, 0.3) is 0 Å². The van der Waals surface area contributed by atoms with Crippen molar-refractivity contribution in [3.05, 3.63) is 59.7 Å². The van der Waals surface area contributed by atoms with E-state index in [2.05, 4.69) is 0 Å². The highest BCUT2D eigenvalue weighted by molar-refractivity contribution is 5.68. The zero-order valence-corrected chi connectivity index (χ0v) is 20.0. The maximum absolute atomic E-state index is 12.7. The van der Waals surface area contributed by atoms with E-state index in [1.165, 1.54) is 0 Å². The lowest BCUT2D eigenvalue weighted by atomic mass is 9.87. The molecule has 0 radical (unpaired) electrons. The largest absolute Gasteiger partial charge is 0.496 e. The number of rotatable bonds is 8. The van der Waals surface area contributed by atoms with Crippen molar-refractivity contribution in [1.82, 2.24) is 4.90 Å². The zero-order valence-electron chi connectivity index (χ0n) is 20.0. The molecule has 7 heteroatoms. The second kappa shape index (κ2) is 11.4. The molecule has 0 bridgehead atoms. The molecule has 1 N–H and O–H groups in total. The van der Waals surface area contributed by atoms with Crippen molar-refractivity contribution in [2.75, 3.05) is 33.4 Å². The summed E-state index contributed by atoms with van der Waals surface area (Å²) in [5.74, 6) is 1.61. The number of methoxy groups -OCH3 is 1. The molecule has 3 rings (SSSR count). The molecule has 2 aromatic rings. The van der Waals surface area contributed by atoms with Crippen molar-refractivity contribution in [2.24, 2.45) is 0 Å². The van der Waals surface area contributed by atoms with Gasteiger partial charge in [-0.15, -0.1) is 0 Å². The fraction of sp³-hybridized carbons (Fsp3) is 0.500. The van der Waals surface area contributed by atoms with Crippen LogP contribution in [0.3, 0.4) is 0 Å². The van der Waals surface area contributed by atoms with Gasteiger partial charge in [-0.05, 0) is 51.0 Å².